The van der Waals surface area contributed by atoms with Crippen LogP contribution >= 0.6 is 0 Å². The van der Waals surface area contributed by atoms with E-state index in [1.54, 1.807) is 18.5 Å². The number of nitrogens with one attached hydrogen (secondary N) is 1. The van der Waals surface area contributed by atoms with Crippen LogP contribution < -0.4 is 10.1 Å². The topological polar surface area (TPSA) is 73.3 Å². The fourth-order valence-corrected chi connectivity index (χ4v) is 4.99. The molecular weight excluding hydrogens is 390 g/mol. The molecule has 0 bridgehead atoms. The van der Waals surface area contributed by atoms with E-state index in [1.165, 1.54) is 6.42 Å². The van der Waals surface area contributed by atoms with Gasteiger partial charge in [-0.05, 0) is 49.4 Å². The van der Waals surface area contributed by atoms with Crippen LogP contribution in [0.1, 0.15) is 65.0 Å². The Morgan fingerprint density at radius 2 is 2.00 bits per heavy atom. The third-order valence-corrected chi connectivity index (χ3v) is 6.74. The number of rotatable bonds is 5. The van der Waals surface area contributed by atoms with Gasteiger partial charge in [0.25, 0.3) is 0 Å². The Bertz CT molecular complexity index is 904. The van der Waals surface area contributed by atoms with E-state index in [2.05, 4.69) is 35.2 Å². The summed E-state index contributed by atoms with van der Waals surface area (Å²) in [5.74, 6) is 1.72. The third kappa shape index (κ3) is 4.90. The number of carbonyl (C=O) groups excluding carboxylic acids is 1. The van der Waals surface area contributed by atoms with Gasteiger partial charge < -0.3 is 14.8 Å². The maximum Gasteiger partial charge on any atom is 0.321 e. The summed E-state index contributed by atoms with van der Waals surface area (Å²) >= 11 is 0. The molecule has 5 atom stereocenters. The zero-order chi connectivity index (χ0) is 22.0. The number of carbonyl (C=O) groups is 1. The Morgan fingerprint density at radius 1 is 1.23 bits per heavy atom. The Balaban J connectivity index is 1.59. The van der Waals surface area contributed by atoms with Gasteiger partial charge in [-0.15, -0.1) is 0 Å². The van der Waals surface area contributed by atoms with Crippen LogP contribution in [0.2, 0.25) is 0 Å². The summed E-state index contributed by atoms with van der Waals surface area (Å²) in [6, 6.07) is 10.0. The van der Waals surface area contributed by atoms with Crippen molar-refractivity contribution in [3.8, 4) is 11.8 Å². The van der Waals surface area contributed by atoms with Crippen LogP contribution in [0.5, 0.6) is 11.8 Å². The normalized spacial score (nSPS) is 30.5. The highest BCUT2D eigenvalue weighted by Gasteiger charge is 2.49. The average molecular weight is 424 g/mol. The van der Waals surface area contributed by atoms with Gasteiger partial charge in [-0.1, -0.05) is 39.3 Å². The zero-order valence-corrected chi connectivity index (χ0v) is 18.9. The van der Waals surface area contributed by atoms with E-state index in [0.717, 1.165) is 24.8 Å². The van der Waals surface area contributed by atoms with Gasteiger partial charge in [-0.2, -0.15) is 0 Å². The molecule has 6 heteroatoms. The highest BCUT2D eigenvalue weighted by molar-refractivity contribution is 5.78. The summed E-state index contributed by atoms with van der Waals surface area (Å²) in [6.07, 6.45) is 7.39. The summed E-state index contributed by atoms with van der Waals surface area (Å²) in [5, 5.41) is 3.39. The maximum absolute atomic E-state index is 12.7. The number of fused-ring (bicyclic) bond motifs is 1. The van der Waals surface area contributed by atoms with Crippen molar-refractivity contribution < 1.29 is 14.3 Å². The maximum atomic E-state index is 12.7. The van der Waals surface area contributed by atoms with Crippen molar-refractivity contribution in [3.63, 3.8) is 0 Å². The summed E-state index contributed by atoms with van der Waals surface area (Å²) in [5.41, 5.74) is 0.754. The molecule has 1 saturated carbocycles. The molecule has 4 rings (SSSR count). The Morgan fingerprint density at radius 3 is 2.74 bits per heavy atom. The zero-order valence-electron chi connectivity index (χ0n) is 18.9. The van der Waals surface area contributed by atoms with Crippen molar-refractivity contribution in [2.24, 2.45) is 17.8 Å². The van der Waals surface area contributed by atoms with Crippen LogP contribution in [0, 0.1) is 17.8 Å². The summed E-state index contributed by atoms with van der Waals surface area (Å²) in [4.78, 5) is 20.9. The van der Waals surface area contributed by atoms with Crippen LogP contribution in [0.25, 0.3) is 0 Å². The standard InChI is InChI=1S/C25H33N3O3/c1-16(2)23(29)28-25(4)15-22(31-21-13-17(3)9-10-20(21)25)18-7-5-8-19(14-18)30-24-26-11-6-12-27-24/h5-8,11-12,14,16-17,20-22H,9-10,13,15H2,1-4H3,(H,28,29)/t17-,20-,21-,22-,25+/m1/s1. The minimum atomic E-state index is -0.297. The van der Waals surface area contributed by atoms with Crippen LogP contribution in [0.3, 0.4) is 0 Å². The first-order valence-electron chi connectivity index (χ1n) is 11.4. The van der Waals surface area contributed by atoms with Crippen molar-refractivity contribution in [2.45, 2.75) is 71.1 Å². The molecule has 2 fully saturated rings. The second-order valence-corrected chi connectivity index (χ2v) is 9.66. The van der Waals surface area contributed by atoms with Gasteiger partial charge in [0.05, 0.1) is 12.2 Å². The first-order chi connectivity index (χ1) is 14.8. The fraction of sp³-hybridized carbons (Fsp3) is 0.560. The van der Waals surface area contributed by atoms with Crippen molar-refractivity contribution in [1.82, 2.24) is 15.3 Å². The number of nitrogens with zero attached hydrogens (tertiary/aromatic N) is 2. The van der Waals surface area contributed by atoms with Gasteiger partial charge in [0.15, 0.2) is 0 Å². The number of amides is 1. The van der Waals surface area contributed by atoms with Crippen molar-refractivity contribution in [2.75, 3.05) is 0 Å². The molecule has 1 aliphatic heterocycles. The summed E-state index contributed by atoms with van der Waals surface area (Å²) in [7, 11) is 0. The molecule has 0 radical (unpaired) electrons. The largest absolute Gasteiger partial charge is 0.424 e. The molecule has 2 aliphatic rings. The van der Waals surface area contributed by atoms with E-state index in [1.807, 2.05) is 32.0 Å². The monoisotopic (exact) mass is 423 g/mol. The first kappa shape index (κ1) is 21.8. The van der Waals surface area contributed by atoms with E-state index in [4.69, 9.17) is 9.47 Å². The van der Waals surface area contributed by atoms with Crippen LogP contribution in [0.4, 0.5) is 0 Å². The van der Waals surface area contributed by atoms with E-state index >= 15 is 0 Å². The molecule has 0 unspecified atom stereocenters. The van der Waals surface area contributed by atoms with Gasteiger partial charge in [-0.25, -0.2) is 9.97 Å². The van der Waals surface area contributed by atoms with E-state index in [-0.39, 0.29) is 29.6 Å². The van der Waals surface area contributed by atoms with Gasteiger partial charge in [-0.3, -0.25) is 4.79 Å². The number of hydrogen-bond acceptors (Lipinski definition) is 5. The first-order valence-corrected chi connectivity index (χ1v) is 11.4. The average Bonchev–Trinajstić information content (AvgIpc) is 2.74. The molecule has 1 aliphatic carbocycles. The van der Waals surface area contributed by atoms with Crippen LogP contribution in [-0.2, 0) is 9.53 Å². The third-order valence-electron chi connectivity index (χ3n) is 6.74. The molecule has 2 aromatic rings. The molecule has 0 spiro atoms. The molecule has 1 N–H and O–H groups in total. The number of benzene rings is 1. The highest BCUT2D eigenvalue weighted by Crippen LogP contribution is 2.48. The Labute approximate surface area is 184 Å². The number of aromatic nitrogens is 2. The number of hydrogen-bond donors (Lipinski definition) is 1. The van der Waals surface area contributed by atoms with E-state index in [9.17, 15) is 4.79 Å². The molecule has 1 aromatic heterocycles. The van der Waals surface area contributed by atoms with Crippen molar-refractivity contribution >= 4 is 5.91 Å². The van der Waals surface area contributed by atoms with Crippen LogP contribution in [0.15, 0.2) is 42.7 Å². The lowest BCUT2D eigenvalue weighted by atomic mass is 9.66. The van der Waals surface area contributed by atoms with Crippen molar-refractivity contribution in [3.05, 3.63) is 48.3 Å². The summed E-state index contributed by atoms with van der Waals surface area (Å²) in [6.45, 7) is 8.39. The second-order valence-electron chi connectivity index (χ2n) is 9.66. The van der Waals surface area contributed by atoms with Gasteiger partial charge in [0.1, 0.15) is 5.75 Å². The minimum absolute atomic E-state index is 0.0401. The predicted octanol–water partition coefficient (Wildman–Crippen LogP) is 5.07. The molecule has 1 aromatic carbocycles. The van der Waals surface area contributed by atoms with Gasteiger partial charge in [0, 0.05) is 36.2 Å². The smallest absolute Gasteiger partial charge is 0.321 e. The van der Waals surface area contributed by atoms with Gasteiger partial charge in [0.2, 0.25) is 5.91 Å². The minimum Gasteiger partial charge on any atom is -0.424 e. The molecular formula is C25H33N3O3. The lowest BCUT2D eigenvalue weighted by Crippen LogP contribution is -2.61. The lowest BCUT2D eigenvalue weighted by Gasteiger charge is -2.52. The number of ether oxygens (including phenoxy) is 2. The quantitative estimate of drug-likeness (QED) is 0.727. The second kappa shape index (κ2) is 8.95. The molecule has 2 heterocycles. The van der Waals surface area contributed by atoms with E-state index < -0.39 is 0 Å². The SMILES string of the molecule is CC(C)C(=O)N[C@@]1(C)C[C@H](c2cccc(Oc3ncccn3)c2)O[C@@H]2C[C@H](C)CC[C@H]21. The predicted molar refractivity (Wildman–Crippen MR) is 119 cm³/mol. The van der Waals surface area contributed by atoms with Crippen LogP contribution in [-0.4, -0.2) is 27.5 Å². The summed E-state index contributed by atoms with van der Waals surface area (Å²) < 4.78 is 12.5. The molecule has 166 valence electrons. The molecule has 1 saturated heterocycles. The Hall–Kier alpha value is -2.47. The molecule has 6 nitrogen and oxygen atoms in total. The Kier molecular flexibility index (Phi) is 6.28. The molecule has 31 heavy (non-hydrogen) atoms. The fourth-order valence-electron chi connectivity index (χ4n) is 4.99. The highest BCUT2D eigenvalue weighted by atomic mass is 16.5. The van der Waals surface area contributed by atoms with E-state index in [0.29, 0.717) is 23.6 Å². The van der Waals surface area contributed by atoms with Gasteiger partial charge >= 0.3 is 6.01 Å². The molecule has 1 amide bonds. The van der Waals surface area contributed by atoms with Crippen molar-refractivity contribution in [1.29, 1.82) is 0 Å². The lowest BCUT2D eigenvalue weighted by molar-refractivity contribution is -0.155.